The van der Waals surface area contributed by atoms with Crippen molar-refractivity contribution in [1.29, 1.82) is 0 Å². The van der Waals surface area contributed by atoms with Gasteiger partial charge in [0.1, 0.15) is 0 Å². The fraction of sp³-hybridized carbons (Fsp3) is 0.889. The van der Waals surface area contributed by atoms with E-state index < -0.39 is 40.4 Å². The lowest BCUT2D eigenvalue weighted by molar-refractivity contribution is -0.143. The normalized spacial score (nSPS) is 27.1. The molecule has 0 aromatic rings. The van der Waals surface area contributed by atoms with Crippen LogP contribution in [0.4, 0.5) is 13.2 Å². The van der Waals surface area contributed by atoms with Gasteiger partial charge < -0.3 is 5.11 Å². The fourth-order valence-electron chi connectivity index (χ4n) is 2.01. The number of hydrogen-bond acceptors (Lipinski definition) is 3. The number of carboxylic acids is 1. The topological polar surface area (TPSA) is 74.7 Å². The molecule has 5 nitrogen and oxygen atoms in total. The van der Waals surface area contributed by atoms with E-state index in [4.69, 9.17) is 5.11 Å². The molecular formula is C9H14F3NO4S. The van der Waals surface area contributed by atoms with Gasteiger partial charge in [0.05, 0.1) is 5.92 Å². The molecule has 0 radical (unpaired) electrons. The van der Waals surface area contributed by atoms with Crippen molar-refractivity contribution in [1.82, 2.24) is 4.31 Å². The summed E-state index contributed by atoms with van der Waals surface area (Å²) in [5, 5.41) is 8.83. The zero-order chi connectivity index (χ0) is 14.1. The van der Waals surface area contributed by atoms with Crippen LogP contribution in [-0.4, -0.2) is 48.8 Å². The van der Waals surface area contributed by atoms with E-state index in [1.54, 1.807) is 6.92 Å². The van der Waals surface area contributed by atoms with E-state index >= 15 is 0 Å². The van der Waals surface area contributed by atoms with Crippen molar-refractivity contribution < 1.29 is 31.5 Å². The number of rotatable bonds is 3. The minimum atomic E-state index is -4.82. The summed E-state index contributed by atoms with van der Waals surface area (Å²) in [5.41, 5.74) is 0. The van der Waals surface area contributed by atoms with E-state index in [1.165, 1.54) is 0 Å². The average molecular weight is 289 g/mol. The summed E-state index contributed by atoms with van der Waals surface area (Å²) in [6, 6.07) is 0. The Hall–Kier alpha value is -0.830. The molecule has 0 saturated carbocycles. The van der Waals surface area contributed by atoms with Crippen LogP contribution in [0.1, 0.15) is 13.3 Å². The molecule has 0 amide bonds. The molecule has 0 spiro atoms. The lowest BCUT2D eigenvalue weighted by Crippen LogP contribution is -2.47. The second-order valence-corrected chi connectivity index (χ2v) is 6.53. The Morgan fingerprint density at radius 1 is 1.39 bits per heavy atom. The lowest BCUT2D eigenvalue weighted by Gasteiger charge is -2.33. The molecule has 1 N–H and O–H groups in total. The van der Waals surface area contributed by atoms with Crippen molar-refractivity contribution in [3.8, 4) is 0 Å². The van der Waals surface area contributed by atoms with Crippen LogP contribution in [0, 0.1) is 11.8 Å². The zero-order valence-electron chi connectivity index (χ0n) is 9.64. The Bertz CT molecular complexity index is 420. The maximum atomic E-state index is 12.1. The van der Waals surface area contributed by atoms with E-state index in [0.717, 1.165) is 0 Å². The average Bonchev–Trinajstić information content (AvgIpc) is 2.12. The molecular weight excluding hydrogens is 275 g/mol. The van der Waals surface area contributed by atoms with Crippen LogP contribution in [0.5, 0.6) is 0 Å². The van der Waals surface area contributed by atoms with Crippen LogP contribution in [0.15, 0.2) is 0 Å². The lowest BCUT2D eigenvalue weighted by atomic mass is 9.92. The van der Waals surface area contributed by atoms with Gasteiger partial charge in [-0.1, -0.05) is 6.92 Å². The maximum absolute atomic E-state index is 12.1. The number of piperidine rings is 1. The Morgan fingerprint density at radius 3 is 2.39 bits per heavy atom. The molecule has 2 atom stereocenters. The summed E-state index contributed by atoms with van der Waals surface area (Å²) in [6.45, 7) is 1.16. The Labute approximate surface area is 103 Å². The van der Waals surface area contributed by atoms with Crippen LogP contribution >= 0.6 is 0 Å². The molecule has 0 aromatic heterocycles. The van der Waals surface area contributed by atoms with E-state index in [1.807, 2.05) is 0 Å². The van der Waals surface area contributed by atoms with Crippen molar-refractivity contribution in [2.24, 2.45) is 11.8 Å². The van der Waals surface area contributed by atoms with Crippen LogP contribution in [0.25, 0.3) is 0 Å². The predicted molar refractivity (Wildman–Crippen MR) is 56.3 cm³/mol. The minimum Gasteiger partial charge on any atom is -0.481 e. The summed E-state index contributed by atoms with van der Waals surface area (Å²) >= 11 is 0. The summed E-state index contributed by atoms with van der Waals surface area (Å²) in [7, 11) is -4.50. The number of nitrogens with zero attached hydrogens (tertiary/aromatic N) is 1. The molecule has 18 heavy (non-hydrogen) atoms. The van der Waals surface area contributed by atoms with Crippen LogP contribution in [0.3, 0.4) is 0 Å². The van der Waals surface area contributed by atoms with Crippen molar-refractivity contribution >= 4 is 16.0 Å². The molecule has 106 valence electrons. The third kappa shape index (κ3) is 4.13. The standard InChI is InChI=1S/C9H14F3NO4S/c1-6-2-7(8(14)15)4-13(3-6)18(16,17)5-9(10,11)12/h6-7H,2-5H2,1H3,(H,14,15). The molecule has 1 fully saturated rings. The van der Waals surface area contributed by atoms with Crippen molar-refractivity contribution in [2.75, 3.05) is 18.8 Å². The van der Waals surface area contributed by atoms with Gasteiger partial charge in [0.2, 0.25) is 10.0 Å². The van der Waals surface area contributed by atoms with E-state index in [2.05, 4.69) is 0 Å². The van der Waals surface area contributed by atoms with E-state index in [9.17, 15) is 26.4 Å². The molecule has 1 heterocycles. The molecule has 0 aliphatic carbocycles. The maximum Gasteiger partial charge on any atom is 0.404 e. The first-order valence-corrected chi connectivity index (χ1v) is 6.89. The smallest absolute Gasteiger partial charge is 0.404 e. The van der Waals surface area contributed by atoms with Gasteiger partial charge in [0.15, 0.2) is 5.75 Å². The number of carbonyl (C=O) groups is 1. The highest BCUT2D eigenvalue weighted by Gasteiger charge is 2.42. The largest absolute Gasteiger partial charge is 0.481 e. The Balaban J connectivity index is 2.85. The number of halogens is 3. The zero-order valence-corrected chi connectivity index (χ0v) is 10.5. The van der Waals surface area contributed by atoms with Crippen molar-refractivity contribution in [3.63, 3.8) is 0 Å². The molecule has 1 rings (SSSR count). The molecule has 0 bridgehead atoms. The Kier molecular flexibility index (Phi) is 4.26. The van der Waals surface area contributed by atoms with Gasteiger partial charge in [-0.2, -0.15) is 13.2 Å². The highest BCUT2D eigenvalue weighted by atomic mass is 32.2. The predicted octanol–water partition coefficient (Wildman–Crippen LogP) is 0.921. The molecule has 9 heteroatoms. The third-order valence-corrected chi connectivity index (χ3v) is 4.49. The summed E-state index contributed by atoms with van der Waals surface area (Å²) in [4.78, 5) is 10.8. The highest BCUT2D eigenvalue weighted by molar-refractivity contribution is 7.89. The number of aliphatic carboxylic acids is 1. The van der Waals surface area contributed by atoms with Gasteiger partial charge in [0, 0.05) is 13.1 Å². The quantitative estimate of drug-likeness (QED) is 0.838. The summed E-state index contributed by atoms with van der Waals surface area (Å²) < 4.78 is 60.1. The van der Waals surface area contributed by atoms with Gasteiger partial charge in [0.25, 0.3) is 0 Å². The number of alkyl halides is 3. The first kappa shape index (κ1) is 15.2. The SMILES string of the molecule is CC1CC(C(=O)O)CN(S(=O)(=O)CC(F)(F)F)C1. The van der Waals surface area contributed by atoms with Gasteiger partial charge in [-0.3, -0.25) is 4.79 Å². The molecule has 1 aliphatic rings. The number of sulfonamides is 1. The highest BCUT2D eigenvalue weighted by Crippen LogP contribution is 2.27. The second-order valence-electron chi connectivity index (χ2n) is 4.56. The van der Waals surface area contributed by atoms with E-state index in [0.29, 0.717) is 4.31 Å². The fourth-order valence-corrected chi connectivity index (χ4v) is 3.49. The molecule has 1 saturated heterocycles. The first-order valence-electron chi connectivity index (χ1n) is 5.28. The van der Waals surface area contributed by atoms with Crippen LogP contribution in [-0.2, 0) is 14.8 Å². The minimum absolute atomic E-state index is 0.0673. The van der Waals surface area contributed by atoms with Crippen LogP contribution < -0.4 is 0 Å². The summed E-state index contributed by atoms with van der Waals surface area (Å²) in [5.74, 6) is -4.35. The van der Waals surface area contributed by atoms with Crippen LogP contribution in [0.2, 0.25) is 0 Å². The third-order valence-electron chi connectivity index (χ3n) is 2.71. The van der Waals surface area contributed by atoms with Crippen molar-refractivity contribution in [3.05, 3.63) is 0 Å². The molecule has 1 aliphatic heterocycles. The molecule has 2 unspecified atom stereocenters. The first-order chi connectivity index (χ1) is 8.01. The van der Waals surface area contributed by atoms with Gasteiger partial charge in [-0.25, -0.2) is 12.7 Å². The Morgan fingerprint density at radius 2 is 1.94 bits per heavy atom. The van der Waals surface area contributed by atoms with Gasteiger partial charge in [-0.05, 0) is 12.3 Å². The second kappa shape index (κ2) is 5.04. The van der Waals surface area contributed by atoms with Gasteiger partial charge in [-0.15, -0.1) is 0 Å². The monoisotopic (exact) mass is 289 g/mol. The van der Waals surface area contributed by atoms with E-state index in [-0.39, 0.29) is 18.9 Å². The molecule has 0 aromatic carbocycles. The van der Waals surface area contributed by atoms with Crippen molar-refractivity contribution in [2.45, 2.75) is 19.5 Å². The van der Waals surface area contributed by atoms with Gasteiger partial charge >= 0.3 is 12.1 Å². The number of carboxylic acid groups (broad SMARTS) is 1. The number of hydrogen-bond donors (Lipinski definition) is 1. The summed E-state index contributed by atoms with van der Waals surface area (Å²) in [6.07, 6.45) is -4.55.